The van der Waals surface area contributed by atoms with Crippen LogP contribution in [0.5, 0.6) is 5.88 Å². The molecule has 0 N–H and O–H groups in total. The molecule has 1 amide bonds. The van der Waals surface area contributed by atoms with Gasteiger partial charge in [0.1, 0.15) is 0 Å². The molecule has 1 unspecified atom stereocenters. The normalized spacial score (nSPS) is 11.4. The number of nitrogens with zero attached hydrogens (tertiary/aromatic N) is 2. The highest BCUT2D eigenvalue weighted by molar-refractivity contribution is 5.92. The molecule has 6 nitrogen and oxygen atoms in total. The monoisotopic (exact) mass is 314 g/mol. The van der Waals surface area contributed by atoms with Crippen LogP contribution in [0.2, 0.25) is 0 Å². The summed E-state index contributed by atoms with van der Waals surface area (Å²) in [5.41, 5.74) is 0.860. The molecule has 0 aliphatic heterocycles. The van der Waals surface area contributed by atoms with Crippen LogP contribution in [0.15, 0.2) is 48.7 Å². The van der Waals surface area contributed by atoms with Gasteiger partial charge >= 0.3 is 5.97 Å². The fourth-order valence-electron chi connectivity index (χ4n) is 1.92. The van der Waals surface area contributed by atoms with Crippen molar-refractivity contribution in [3.05, 3.63) is 59.8 Å². The van der Waals surface area contributed by atoms with Crippen LogP contribution in [0.4, 0.5) is 0 Å². The number of rotatable bonds is 5. The molecular weight excluding hydrogens is 296 g/mol. The van der Waals surface area contributed by atoms with E-state index in [1.54, 1.807) is 44.4 Å². The minimum atomic E-state index is -0.999. The Morgan fingerprint density at radius 2 is 1.78 bits per heavy atom. The number of pyridine rings is 1. The van der Waals surface area contributed by atoms with E-state index in [2.05, 4.69) is 4.98 Å². The molecule has 2 rings (SSSR count). The summed E-state index contributed by atoms with van der Waals surface area (Å²) in [6, 6.07) is 12.0. The Bertz CT molecular complexity index is 669. The van der Waals surface area contributed by atoms with Gasteiger partial charge in [0.25, 0.3) is 5.91 Å². The van der Waals surface area contributed by atoms with Crippen molar-refractivity contribution in [3.8, 4) is 5.88 Å². The second kappa shape index (κ2) is 7.40. The van der Waals surface area contributed by atoms with E-state index < -0.39 is 12.1 Å². The molecule has 6 heteroatoms. The van der Waals surface area contributed by atoms with Crippen LogP contribution in [0.3, 0.4) is 0 Å². The third-order valence-corrected chi connectivity index (χ3v) is 3.17. The smallest absolute Gasteiger partial charge is 0.340 e. The van der Waals surface area contributed by atoms with Crippen LogP contribution in [-0.4, -0.2) is 43.0 Å². The minimum absolute atomic E-state index is 0.248. The quantitative estimate of drug-likeness (QED) is 0.790. The number of methoxy groups -OCH3 is 1. The maximum absolute atomic E-state index is 12.3. The van der Waals surface area contributed by atoms with E-state index in [0.29, 0.717) is 11.4 Å². The number of likely N-dealkylation sites (N-methyl/N-ethyl adjacent to an activating group) is 1. The number of amides is 1. The Labute approximate surface area is 134 Å². The zero-order valence-corrected chi connectivity index (χ0v) is 13.2. The van der Waals surface area contributed by atoms with Gasteiger partial charge in [0.05, 0.1) is 12.7 Å². The first-order valence-corrected chi connectivity index (χ1v) is 7.00. The predicted octanol–water partition coefficient (Wildman–Crippen LogP) is 2.08. The minimum Gasteiger partial charge on any atom is -0.481 e. The van der Waals surface area contributed by atoms with Gasteiger partial charge in [0, 0.05) is 31.9 Å². The molecule has 0 saturated heterocycles. The summed E-state index contributed by atoms with van der Waals surface area (Å²) in [6.07, 6.45) is 0.351. The molecule has 0 saturated carbocycles. The average molecular weight is 314 g/mol. The highest BCUT2D eigenvalue weighted by Crippen LogP contribution is 2.21. The van der Waals surface area contributed by atoms with Crippen molar-refractivity contribution in [1.82, 2.24) is 9.88 Å². The molecule has 1 heterocycles. The van der Waals surface area contributed by atoms with Gasteiger partial charge in [-0.05, 0) is 6.07 Å². The Morgan fingerprint density at radius 1 is 1.09 bits per heavy atom. The lowest BCUT2D eigenvalue weighted by atomic mass is 10.1. The average Bonchev–Trinajstić information content (AvgIpc) is 2.59. The van der Waals surface area contributed by atoms with E-state index in [1.807, 2.05) is 6.07 Å². The summed E-state index contributed by atoms with van der Waals surface area (Å²) >= 11 is 0. The van der Waals surface area contributed by atoms with Gasteiger partial charge in [-0.3, -0.25) is 4.79 Å². The summed E-state index contributed by atoms with van der Waals surface area (Å²) in [5, 5.41) is 0. The van der Waals surface area contributed by atoms with Crippen molar-refractivity contribution in [2.45, 2.75) is 6.10 Å². The Morgan fingerprint density at radius 3 is 2.30 bits per heavy atom. The van der Waals surface area contributed by atoms with Crippen LogP contribution in [0, 0.1) is 0 Å². The maximum Gasteiger partial charge on any atom is 0.340 e. The molecule has 1 aromatic carbocycles. The largest absolute Gasteiger partial charge is 0.481 e. The van der Waals surface area contributed by atoms with Gasteiger partial charge in [-0.15, -0.1) is 0 Å². The van der Waals surface area contributed by atoms with E-state index in [9.17, 15) is 9.59 Å². The molecule has 0 fully saturated rings. The van der Waals surface area contributed by atoms with Crippen LogP contribution < -0.4 is 4.74 Å². The number of esters is 1. The van der Waals surface area contributed by atoms with Crippen molar-refractivity contribution in [2.24, 2.45) is 0 Å². The first-order valence-electron chi connectivity index (χ1n) is 7.00. The highest BCUT2D eigenvalue weighted by Gasteiger charge is 2.27. The third-order valence-electron chi connectivity index (χ3n) is 3.17. The van der Waals surface area contributed by atoms with E-state index in [1.165, 1.54) is 24.3 Å². The van der Waals surface area contributed by atoms with Gasteiger partial charge < -0.3 is 14.4 Å². The number of benzene rings is 1. The van der Waals surface area contributed by atoms with Crippen LogP contribution >= 0.6 is 0 Å². The zero-order chi connectivity index (χ0) is 16.8. The first-order chi connectivity index (χ1) is 11.0. The second-order valence-corrected chi connectivity index (χ2v) is 5.02. The molecular formula is C17H18N2O4. The molecule has 0 bridgehead atoms. The van der Waals surface area contributed by atoms with E-state index in [-0.39, 0.29) is 11.5 Å². The summed E-state index contributed by atoms with van der Waals surface area (Å²) in [7, 11) is 4.71. The summed E-state index contributed by atoms with van der Waals surface area (Å²) < 4.78 is 10.4. The third kappa shape index (κ3) is 4.06. The number of hydrogen-bond acceptors (Lipinski definition) is 5. The van der Waals surface area contributed by atoms with E-state index in [4.69, 9.17) is 9.47 Å². The number of carbonyl (C=O) groups is 2. The number of aromatic nitrogens is 1. The van der Waals surface area contributed by atoms with Gasteiger partial charge in [-0.1, -0.05) is 30.3 Å². The molecule has 2 aromatic rings. The van der Waals surface area contributed by atoms with Gasteiger partial charge in [-0.25, -0.2) is 9.78 Å². The molecule has 0 aliphatic rings. The molecule has 0 spiro atoms. The number of carbonyl (C=O) groups excluding carboxylic acids is 2. The highest BCUT2D eigenvalue weighted by atomic mass is 16.5. The fraction of sp³-hybridized carbons (Fsp3) is 0.235. The van der Waals surface area contributed by atoms with Crippen LogP contribution in [-0.2, 0) is 9.53 Å². The van der Waals surface area contributed by atoms with Gasteiger partial charge in [0.2, 0.25) is 12.0 Å². The molecule has 23 heavy (non-hydrogen) atoms. The lowest BCUT2D eigenvalue weighted by Gasteiger charge is -2.21. The molecule has 0 radical (unpaired) electrons. The predicted molar refractivity (Wildman–Crippen MR) is 84.1 cm³/mol. The molecule has 1 aromatic heterocycles. The fourth-order valence-corrected chi connectivity index (χ4v) is 1.92. The zero-order valence-electron chi connectivity index (χ0n) is 13.2. The van der Waals surface area contributed by atoms with Crippen molar-refractivity contribution in [1.29, 1.82) is 0 Å². The molecule has 1 atom stereocenters. The van der Waals surface area contributed by atoms with Crippen molar-refractivity contribution >= 4 is 11.9 Å². The second-order valence-electron chi connectivity index (χ2n) is 5.02. The van der Waals surface area contributed by atoms with Crippen molar-refractivity contribution in [3.63, 3.8) is 0 Å². The Balaban J connectivity index is 2.23. The topological polar surface area (TPSA) is 68.7 Å². The summed E-state index contributed by atoms with van der Waals surface area (Å²) in [6.45, 7) is 0. The van der Waals surface area contributed by atoms with Crippen molar-refractivity contribution in [2.75, 3.05) is 21.2 Å². The summed E-state index contributed by atoms with van der Waals surface area (Å²) in [5.74, 6) is -0.541. The number of hydrogen-bond donors (Lipinski definition) is 0. The SMILES string of the molecule is COc1ccc(C(=O)OC(C(=O)N(C)C)c2ccccc2)cn1. The van der Waals surface area contributed by atoms with Crippen LogP contribution in [0.1, 0.15) is 22.0 Å². The van der Waals surface area contributed by atoms with Gasteiger partial charge in [-0.2, -0.15) is 0 Å². The van der Waals surface area contributed by atoms with E-state index in [0.717, 1.165) is 0 Å². The van der Waals surface area contributed by atoms with Crippen LogP contribution in [0.25, 0.3) is 0 Å². The van der Waals surface area contributed by atoms with E-state index >= 15 is 0 Å². The maximum atomic E-state index is 12.3. The molecule has 120 valence electrons. The lowest BCUT2D eigenvalue weighted by molar-refractivity contribution is -0.138. The first kappa shape index (κ1) is 16.5. The van der Waals surface area contributed by atoms with Gasteiger partial charge in [0.15, 0.2) is 0 Å². The van der Waals surface area contributed by atoms with Crippen molar-refractivity contribution < 1.29 is 19.1 Å². The Hall–Kier alpha value is -2.89. The Kier molecular flexibility index (Phi) is 5.30. The summed E-state index contributed by atoms with van der Waals surface area (Å²) in [4.78, 5) is 30.0. The number of ether oxygens (including phenoxy) is 2. The standard InChI is InChI=1S/C17H18N2O4/c1-19(2)16(20)15(12-7-5-4-6-8-12)23-17(21)13-9-10-14(22-3)18-11-13/h4-11,15H,1-3H3. The lowest BCUT2D eigenvalue weighted by Crippen LogP contribution is -2.31. The molecule has 0 aliphatic carbocycles.